The SMILES string of the molecule is CN=C(NCCCSC)NCC1CCCN(C)C1c1cccs1.I. The summed E-state index contributed by atoms with van der Waals surface area (Å²) in [7, 11) is 4.11. The summed E-state index contributed by atoms with van der Waals surface area (Å²) in [6.45, 7) is 3.16. The summed E-state index contributed by atoms with van der Waals surface area (Å²) in [6.07, 6.45) is 5.89. The fraction of sp³-hybridized carbons (Fsp3) is 0.706. The second-order valence-electron chi connectivity index (χ2n) is 6.07. The Labute approximate surface area is 172 Å². The van der Waals surface area contributed by atoms with Gasteiger partial charge in [-0.05, 0) is 62.2 Å². The third-order valence-electron chi connectivity index (χ3n) is 4.41. The van der Waals surface area contributed by atoms with Crippen molar-refractivity contribution in [2.45, 2.75) is 25.3 Å². The molecule has 0 aromatic carbocycles. The van der Waals surface area contributed by atoms with Gasteiger partial charge < -0.3 is 10.6 Å². The van der Waals surface area contributed by atoms with Crippen molar-refractivity contribution in [3.63, 3.8) is 0 Å². The molecular formula is C17H31IN4S2. The lowest BCUT2D eigenvalue weighted by molar-refractivity contribution is 0.125. The quantitative estimate of drug-likeness (QED) is 0.269. The number of rotatable bonds is 7. The van der Waals surface area contributed by atoms with Gasteiger partial charge in [-0.25, -0.2) is 0 Å². The Morgan fingerprint density at radius 1 is 1.46 bits per heavy atom. The Morgan fingerprint density at radius 2 is 2.29 bits per heavy atom. The first-order valence-corrected chi connectivity index (χ1v) is 10.7. The Balaban J connectivity index is 0.00000288. The van der Waals surface area contributed by atoms with Crippen LogP contribution >= 0.6 is 47.1 Å². The average Bonchev–Trinajstić information content (AvgIpc) is 3.08. The lowest BCUT2D eigenvalue weighted by Crippen LogP contribution is -2.45. The topological polar surface area (TPSA) is 39.7 Å². The molecule has 0 spiro atoms. The second kappa shape index (κ2) is 12.4. The molecule has 0 radical (unpaired) electrons. The lowest BCUT2D eigenvalue weighted by Gasteiger charge is -2.39. The highest BCUT2D eigenvalue weighted by Gasteiger charge is 2.31. The second-order valence-corrected chi connectivity index (χ2v) is 8.03. The molecule has 1 aliphatic rings. The van der Waals surface area contributed by atoms with E-state index in [1.54, 1.807) is 0 Å². The number of nitrogens with one attached hydrogen (secondary N) is 2. The van der Waals surface area contributed by atoms with Crippen molar-refractivity contribution in [2.24, 2.45) is 10.9 Å². The predicted octanol–water partition coefficient (Wildman–Crippen LogP) is 3.67. The molecule has 2 atom stereocenters. The molecular weight excluding hydrogens is 451 g/mol. The van der Waals surface area contributed by atoms with Crippen LogP contribution in [0.2, 0.25) is 0 Å². The maximum Gasteiger partial charge on any atom is 0.190 e. The van der Waals surface area contributed by atoms with E-state index in [1.165, 1.54) is 36.4 Å². The van der Waals surface area contributed by atoms with Crippen LogP contribution in [0, 0.1) is 5.92 Å². The molecule has 0 aliphatic carbocycles. The molecule has 0 bridgehead atoms. The zero-order chi connectivity index (χ0) is 16.5. The van der Waals surface area contributed by atoms with E-state index in [-0.39, 0.29) is 24.0 Å². The largest absolute Gasteiger partial charge is 0.356 e. The Bertz CT molecular complexity index is 467. The van der Waals surface area contributed by atoms with E-state index in [2.05, 4.69) is 51.3 Å². The van der Waals surface area contributed by atoms with Crippen LogP contribution in [-0.4, -0.2) is 56.6 Å². The van der Waals surface area contributed by atoms with Crippen molar-refractivity contribution in [3.05, 3.63) is 22.4 Å². The maximum absolute atomic E-state index is 4.35. The molecule has 1 fully saturated rings. The van der Waals surface area contributed by atoms with E-state index in [1.807, 2.05) is 30.1 Å². The fourth-order valence-electron chi connectivity index (χ4n) is 3.25. The summed E-state index contributed by atoms with van der Waals surface area (Å²) in [6, 6.07) is 4.98. The summed E-state index contributed by atoms with van der Waals surface area (Å²) in [4.78, 5) is 8.35. The van der Waals surface area contributed by atoms with E-state index in [4.69, 9.17) is 0 Å². The molecule has 1 saturated heterocycles. The van der Waals surface area contributed by atoms with E-state index in [9.17, 15) is 0 Å². The lowest BCUT2D eigenvalue weighted by atomic mass is 9.88. The zero-order valence-electron chi connectivity index (χ0n) is 15.0. The minimum atomic E-state index is 0. The Kier molecular flexibility index (Phi) is 11.4. The maximum atomic E-state index is 4.35. The van der Waals surface area contributed by atoms with Crippen LogP contribution in [-0.2, 0) is 0 Å². The van der Waals surface area contributed by atoms with Gasteiger partial charge >= 0.3 is 0 Å². The fourth-order valence-corrected chi connectivity index (χ4v) is 4.67. The highest BCUT2D eigenvalue weighted by atomic mass is 127. The highest BCUT2D eigenvalue weighted by Crippen LogP contribution is 2.36. The molecule has 4 nitrogen and oxygen atoms in total. The van der Waals surface area contributed by atoms with Gasteiger partial charge in [0.1, 0.15) is 0 Å². The van der Waals surface area contributed by atoms with Crippen molar-refractivity contribution in [2.75, 3.05) is 45.7 Å². The number of thiophene rings is 1. The molecule has 2 heterocycles. The third kappa shape index (κ3) is 6.72. The number of nitrogens with zero attached hydrogens (tertiary/aromatic N) is 2. The van der Waals surface area contributed by atoms with Crippen molar-refractivity contribution in [1.29, 1.82) is 0 Å². The van der Waals surface area contributed by atoms with E-state index >= 15 is 0 Å². The molecule has 0 saturated carbocycles. The number of aliphatic imine (C=N–C) groups is 1. The van der Waals surface area contributed by atoms with Gasteiger partial charge in [-0.15, -0.1) is 35.3 Å². The average molecular weight is 483 g/mol. The summed E-state index contributed by atoms with van der Waals surface area (Å²) in [5.41, 5.74) is 0. The van der Waals surface area contributed by atoms with Crippen LogP contribution < -0.4 is 10.6 Å². The van der Waals surface area contributed by atoms with E-state index in [0.29, 0.717) is 12.0 Å². The van der Waals surface area contributed by atoms with Crippen LogP contribution in [0.25, 0.3) is 0 Å². The monoisotopic (exact) mass is 482 g/mol. The first-order chi connectivity index (χ1) is 11.3. The van der Waals surface area contributed by atoms with Crippen LogP contribution in [0.3, 0.4) is 0 Å². The third-order valence-corrected chi connectivity index (χ3v) is 6.05. The van der Waals surface area contributed by atoms with Crippen LogP contribution in [0.1, 0.15) is 30.2 Å². The first kappa shape index (κ1) is 22.1. The summed E-state index contributed by atoms with van der Waals surface area (Å²) in [5.74, 6) is 2.76. The number of thioether (sulfide) groups is 1. The van der Waals surface area contributed by atoms with Gasteiger partial charge in [0.15, 0.2) is 5.96 Å². The van der Waals surface area contributed by atoms with Crippen LogP contribution in [0.4, 0.5) is 0 Å². The first-order valence-electron chi connectivity index (χ1n) is 8.43. The number of piperidine rings is 1. The summed E-state index contributed by atoms with van der Waals surface area (Å²) < 4.78 is 0. The Hall–Kier alpha value is 0.01000. The van der Waals surface area contributed by atoms with E-state index < -0.39 is 0 Å². The molecule has 2 N–H and O–H groups in total. The normalized spacial score (nSPS) is 22.0. The van der Waals surface area contributed by atoms with Gasteiger partial charge in [-0.3, -0.25) is 9.89 Å². The van der Waals surface area contributed by atoms with Gasteiger partial charge in [-0.2, -0.15) is 11.8 Å². The predicted molar refractivity (Wildman–Crippen MR) is 120 cm³/mol. The van der Waals surface area contributed by atoms with Gasteiger partial charge in [0.2, 0.25) is 0 Å². The smallest absolute Gasteiger partial charge is 0.190 e. The van der Waals surface area contributed by atoms with Crippen molar-refractivity contribution < 1.29 is 0 Å². The number of hydrogen-bond donors (Lipinski definition) is 2. The number of likely N-dealkylation sites (tertiary alicyclic amines) is 1. The van der Waals surface area contributed by atoms with Gasteiger partial charge in [-0.1, -0.05) is 6.07 Å². The summed E-state index contributed by atoms with van der Waals surface area (Å²) >= 11 is 3.77. The van der Waals surface area contributed by atoms with Crippen molar-refractivity contribution in [1.82, 2.24) is 15.5 Å². The van der Waals surface area contributed by atoms with Gasteiger partial charge in [0.25, 0.3) is 0 Å². The Morgan fingerprint density at radius 3 is 2.96 bits per heavy atom. The van der Waals surface area contributed by atoms with Crippen molar-refractivity contribution in [3.8, 4) is 0 Å². The molecule has 0 amide bonds. The summed E-state index contributed by atoms with van der Waals surface area (Å²) in [5, 5.41) is 9.15. The minimum absolute atomic E-state index is 0. The van der Waals surface area contributed by atoms with Crippen LogP contribution in [0.15, 0.2) is 22.5 Å². The number of halogens is 1. The van der Waals surface area contributed by atoms with Crippen LogP contribution in [0.5, 0.6) is 0 Å². The highest BCUT2D eigenvalue weighted by molar-refractivity contribution is 14.0. The van der Waals surface area contributed by atoms with Gasteiger partial charge in [0.05, 0.1) is 0 Å². The molecule has 1 aromatic rings. The number of hydrogen-bond acceptors (Lipinski definition) is 4. The molecule has 1 aliphatic heterocycles. The van der Waals surface area contributed by atoms with E-state index in [0.717, 1.165) is 19.0 Å². The number of guanidine groups is 1. The standard InChI is InChI=1S/C17H30N4S2.HI/c1-18-17(19-9-6-11-22-3)20-13-14-7-4-10-21(2)16(14)15-8-5-12-23-15;/h5,8,12,14,16H,4,6-7,9-11,13H2,1-3H3,(H2,18,19,20);1H. The molecule has 1 aromatic heterocycles. The molecule has 24 heavy (non-hydrogen) atoms. The zero-order valence-corrected chi connectivity index (χ0v) is 18.9. The molecule has 2 rings (SSSR count). The molecule has 7 heteroatoms. The van der Waals surface area contributed by atoms with Gasteiger partial charge in [0, 0.05) is 31.1 Å². The molecule has 138 valence electrons. The molecule has 2 unspecified atom stereocenters. The minimum Gasteiger partial charge on any atom is -0.356 e. The van der Waals surface area contributed by atoms with Crippen molar-refractivity contribution >= 4 is 53.0 Å².